The van der Waals surface area contributed by atoms with Crippen LogP contribution in [0.5, 0.6) is 0 Å². The maximum absolute atomic E-state index is 14.5. The Labute approximate surface area is 250 Å². The summed E-state index contributed by atoms with van der Waals surface area (Å²) >= 11 is 3.48. The topological polar surface area (TPSA) is 86.8 Å². The molecule has 0 saturated carbocycles. The van der Waals surface area contributed by atoms with E-state index in [2.05, 4.69) is 21.2 Å². The molecule has 0 aromatic heterocycles. The van der Waals surface area contributed by atoms with Crippen molar-refractivity contribution in [1.82, 2.24) is 10.2 Å². The third kappa shape index (κ3) is 9.67. The number of carbonyl (C=O) groups is 2. The Kier molecular flexibility index (Phi) is 11.9. The van der Waals surface area contributed by atoms with Gasteiger partial charge in [0.25, 0.3) is 0 Å². The highest BCUT2D eigenvalue weighted by Gasteiger charge is 2.31. The molecule has 10 heteroatoms. The zero-order valence-electron chi connectivity index (χ0n) is 23.6. The van der Waals surface area contributed by atoms with E-state index in [9.17, 15) is 22.4 Å². The van der Waals surface area contributed by atoms with E-state index >= 15 is 0 Å². The number of hydrogen-bond donors (Lipinski definition) is 1. The van der Waals surface area contributed by atoms with Gasteiger partial charge in [-0.25, -0.2) is 12.8 Å². The fourth-order valence-electron chi connectivity index (χ4n) is 4.46. The van der Waals surface area contributed by atoms with Gasteiger partial charge < -0.3 is 10.2 Å². The van der Waals surface area contributed by atoms with Gasteiger partial charge in [-0.15, -0.1) is 0 Å². The fourth-order valence-corrected chi connectivity index (χ4v) is 5.88. The van der Waals surface area contributed by atoms with Crippen molar-refractivity contribution in [1.29, 1.82) is 0 Å². The normalized spacial score (nSPS) is 12.8. The fraction of sp³-hybridized carbons (Fsp3) is 0.355. The molecule has 0 fully saturated rings. The van der Waals surface area contributed by atoms with Crippen LogP contribution in [0.25, 0.3) is 0 Å². The van der Waals surface area contributed by atoms with Gasteiger partial charge in [-0.2, -0.15) is 0 Å². The maximum atomic E-state index is 14.5. The molecule has 3 rings (SSSR count). The number of amides is 2. The predicted octanol–water partition coefficient (Wildman–Crippen LogP) is 5.69. The van der Waals surface area contributed by atoms with Gasteiger partial charge in [-0.3, -0.25) is 13.9 Å². The highest BCUT2D eigenvalue weighted by molar-refractivity contribution is 9.10. The van der Waals surface area contributed by atoms with Crippen molar-refractivity contribution in [2.45, 2.75) is 58.2 Å². The largest absolute Gasteiger partial charge is 0.352 e. The lowest BCUT2D eigenvalue weighted by Gasteiger charge is -2.32. The number of nitrogens with zero attached hydrogens (tertiary/aromatic N) is 2. The van der Waals surface area contributed by atoms with Gasteiger partial charge in [0.15, 0.2) is 0 Å². The van der Waals surface area contributed by atoms with Crippen LogP contribution in [0.2, 0.25) is 0 Å². The van der Waals surface area contributed by atoms with Crippen LogP contribution in [0.4, 0.5) is 10.1 Å². The molecule has 0 unspecified atom stereocenters. The van der Waals surface area contributed by atoms with Crippen molar-refractivity contribution in [3.05, 3.63) is 100 Å². The Morgan fingerprint density at radius 1 is 0.976 bits per heavy atom. The first-order valence-corrected chi connectivity index (χ1v) is 16.2. The van der Waals surface area contributed by atoms with Crippen LogP contribution in [0.3, 0.4) is 0 Å². The number of anilines is 1. The number of hydrogen-bond acceptors (Lipinski definition) is 4. The Morgan fingerprint density at radius 3 is 2.27 bits per heavy atom. The van der Waals surface area contributed by atoms with E-state index in [1.165, 1.54) is 18.2 Å². The minimum atomic E-state index is -3.80. The van der Waals surface area contributed by atoms with Gasteiger partial charge in [0.2, 0.25) is 21.8 Å². The van der Waals surface area contributed by atoms with Gasteiger partial charge in [-0.1, -0.05) is 77.5 Å². The first-order valence-electron chi connectivity index (χ1n) is 13.6. The average Bonchev–Trinajstić information content (AvgIpc) is 2.93. The summed E-state index contributed by atoms with van der Waals surface area (Å²) < 4.78 is 41.3. The predicted molar refractivity (Wildman–Crippen MR) is 164 cm³/mol. The van der Waals surface area contributed by atoms with Crippen LogP contribution in [-0.4, -0.2) is 50.0 Å². The number of rotatable bonds is 14. The summed E-state index contributed by atoms with van der Waals surface area (Å²) in [5.74, 6) is -1.21. The van der Waals surface area contributed by atoms with Crippen LogP contribution in [-0.2, 0) is 32.6 Å². The SMILES string of the molecule is CC[C@@H](C)NC(=O)[C@H](Cc1ccccc1)N(Cc1cccc(Br)c1)C(=O)CCCN(c1ccccc1F)S(C)(=O)=O. The monoisotopic (exact) mass is 645 g/mol. The molecule has 0 bridgehead atoms. The molecule has 3 aromatic carbocycles. The number of nitrogens with one attached hydrogen (secondary N) is 1. The summed E-state index contributed by atoms with van der Waals surface area (Å²) in [6, 6.07) is 21.8. The molecule has 41 heavy (non-hydrogen) atoms. The van der Waals surface area contributed by atoms with E-state index in [-0.39, 0.29) is 49.5 Å². The third-order valence-electron chi connectivity index (χ3n) is 6.79. The van der Waals surface area contributed by atoms with E-state index in [0.717, 1.165) is 32.6 Å². The van der Waals surface area contributed by atoms with Crippen LogP contribution in [0.1, 0.15) is 44.2 Å². The van der Waals surface area contributed by atoms with Crippen molar-refractivity contribution in [2.75, 3.05) is 17.1 Å². The summed E-state index contributed by atoms with van der Waals surface area (Å²) in [6.45, 7) is 4.00. The summed E-state index contributed by atoms with van der Waals surface area (Å²) in [5, 5.41) is 3.03. The number of para-hydroxylation sites is 1. The molecule has 3 aromatic rings. The summed E-state index contributed by atoms with van der Waals surface area (Å²) in [4.78, 5) is 29.0. The molecule has 0 spiro atoms. The molecule has 220 valence electrons. The molecule has 0 aliphatic rings. The van der Waals surface area contributed by atoms with E-state index in [1.807, 2.05) is 68.4 Å². The van der Waals surface area contributed by atoms with Crippen molar-refractivity contribution < 1.29 is 22.4 Å². The molecule has 0 aliphatic heterocycles. The molecular formula is C31H37BrFN3O4S. The van der Waals surface area contributed by atoms with Gasteiger partial charge >= 0.3 is 0 Å². The minimum absolute atomic E-state index is 0.0314. The smallest absolute Gasteiger partial charge is 0.243 e. The molecule has 0 radical (unpaired) electrons. The first-order chi connectivity index (χ1) is 19.5. The van der Waals surface area contributed by atoms with Gasteiger partial charge in [0, 0.05) is 36.4 Å². The van der Waals surface area contributed by atoms with Gasteiger partial charge in [0.05, 0.1) is 11.9 Å². The molecule has 2 amide bonds. The lowest BCUT2D eigenvalue weighted by molar-refractivity contribution is -0.141. The van der Waals surface area contributed by atoms with Crippen molar-refractivity contribution in [2.24, 2.45) is 0 Å². The lowest BCUT2D eigenvalue weighted by Crippen LogP contribution is -2.52. The second-order valence-corrected chi connectivity index (χ2v) is 12.9. The molecule has 0 heterocycles. The number of halogens is 2. The number of benzene rings is 3. The van der Waals surface area contributed by atoms with Crippen molar-refractivity contribution in [3.63, 3.8) is 0 Å². The van der Waals surface area contributed by atoms with E-state index in [4.69, 9.17) is 0 Å². The Bertz CT molecular complexity index is 1420. The second-order valence-electron chi connectivity index (χ2n) is 10.1. The zero-order chi connectivity index (χ0) is 30.0. The second kappa shape index (κ2) is 15.1. The van der Waals surface area contributed by atoms with Crippen LogP contribution < -0.4 is 9.62 Å². The Morgan fingerprint density at radius 2 is 1.63 bits per heavy atom. The van der Waals surface area contributed by atoms with Gasteiger partial charge in [0.1, 0.15) is 11.9 Å². The molecular weight excluding hydrogens is 609 g/mol. The van der Waals surface area contributed by atoms with Crippen LogP contribution in [0, 0.1) is 5.82 Å². The van der Waals surface area contributed by atoms with E-state index in [1.54, 1.807) is 11.0 Å². The van der Waals surface area contributed by atoms with Crippen molar-refractivity contribution in [3.8, 4) is 0 Å². The highest BCUT2D eigenvalue weighted by atomic mass is 79.9. The quantitative estimate of drug-likeness (QED) is 0.244. The third-order valence-corrected chi connectivity index (χ3v) is 8.46. The molecule has 1 N–H and O–H groups in total. The summed E-state index contributed by atoms with van der Waals surface area (Å²) in [6.07, 6.45) is 2.17. The molecule has 7 nitrogen and oxygen atoms in total. The Hall–Kier alpha value is -3.24. The Balaban J connectivity index is 1.90. The molecule has 0 aliphatic carbocycles. The molecule has 2 atom stereocenters. The van der Waals surface area contributed by atoms with E-state index in [0.29, 0.717) is 6.42 Å². The highest BCUT2D eigenvalue weighted by Crippen LogP contribution is 2.23. The summed E-state index contributed by atoms with van der Waals surface area (Å²) in [7, 11) is -3.80. The lowest BCUT2D eigenvalue weighted by atomic mass is 10.0. The average molecular weight is 647 g/mol. The first kappa shape index (κ1) is 32.3. The van der Waals surface area contributed by atoms with Crippen LogP contribution in [0.15, 0.2) is 83.3 Å². The number of sulfonamides is 1. The standard InChI is InChI=1S/C31H37BrFN3O4S/c1-4-23(2)34-31(38)29(21-24-12-6-5-7-13-24)35(22-25-14-10-15-26(32)20-25)30(37)18-11-19-36(41(3,39)40)28-17-9-8-16-27(28)33/h5-10,12-17,20,23,29H,4,11,18-19,21-22H2,1-3H3,(H,34,38)/t23-,29+/m1/s1. The molecule has 0 saturated heterocycles. The van der Waals surface area contributed by atoms with Crippen molar-refractivity contribution >= 4 is 43.5 Å². The number of carbonyl (C=O) groups excluding carboxylic acids is 2. The van der Waals surface area contributed by atoms with Crippen LogP contribution >= 0.6 is 15.9 Å². The van der Waals surface area contributed by atoms with E-state index < -0.39 is 21.9 Å². The van der Waals surface area contributed by atoms with Gasteiger partial charge in [-0.05, 0) is 55.2 Å². The minimum Gasteiger partial charge on any atom is -0.352 e. The maximum Gasteiger partial charge on any atom is 0.243 e. The zero-order valence-corrected chi connectivity index (χ0v) is 26.0. The summed E-state index contributed by atoms with van der Waals surface area (Å²) in [5.41, 5.74) is 1.68.